The summed E-state index contributed by atoms with van der Waals surface area (Å²) >= 11 is 0. The van der Waals surface area contributed by atoms with Gasteiger partial charge in [-0.2, -0.15) is 0 Å². The summed E-state index contributed by atoms with van der Waals surface area (Å²) in [4.78, 5) is 2.72. The van der Waals surface area contributed by atoms with Gasteiger partial charge in [-0.15, -0.1) is 0 Å². The summed E-state index contributed by atoms with van der Waals surface area (Å²) in [5.41, 5.74) is 0.490. The van der Waals surface area contributed by atoms with E-state index >= 15 is 0 Å². The van der Waals surface area contributed by atoms with Crippen molar-refractivity contribution < 1.29 is 0 Å². The fourth-order valence-corrected chi connectivity index (χ4v) is 3.20. The molecule has 1 fully saturated rings. The van der Waals surface area contributed by atoms with Gasteiger partial charge in [-0.05, 0) is 56.1 Å². The number of hydrogen-bond donors (Lipinski definition) is 1. The Labute approximate surface area is 121 Å². The minimum Gasteiger partial charge on any atom is -0.315 e. The van der Waals surface area contributed by atoms with Crippen molar-refractivity contribution in [2.45, 2.75) is 66.8 Å². The molecule has 1 aliphatic heterocycles. The van der Waals surface area contributed by atoms with Gasteiger partial charge in [-0.1, -0.05) is 41.5 Å². The monoisotopic (exact) mass is 268 g/mol. The molecule has 1 rings (SSSR count). The highest BCUT2D eigenvalue weighted by atomic mass is 15.2. The van der Waals surface area contributed by atoms with E-state index < -0.39 is 0 Å². The average Bonchev–Trinajstić information content (AvgIpc) is 2.33. The molecule has 0 aromatic rings. The molecule has 1 N–H and O–H groups in total. The fourth-order valence-electron chi connectivity index (χ4n) is 3.20. The second kappa shape index (κ2) is 7.64. The summed E-state index contributed by atoms with van der Waals surface area (Å²) in [7, 11) is 0. The quantitative estimate of drug-likeness (QED) is 0.789. The number of nitrogens with zero attached hydrogens (tertiary/aromatic N) is 1. The molecule has 114 valence electrons. The highest BCUT2D eigenvalue weighted by Gasteiger charge is 2.30. The third kappa shape index (κ3) is 5.83. The Morgan fingerprint density at radius 2 is 1.68 bits per heavy atom. The molecule has 2 heteroatoms. The SMILES string of the molecule is CCC(CNCC(C)C)N1CCC(C(C)(C)C)CC1. The Balaban J connectivity index is 2.35. The molecule has 1 aliphatic rings. The summed E-state index contributed by atoms with van der Waals surface area (Å²) in [5, 5.41) is 3.63. The van der Waals surface area contributed by atoms with E-state index in [1.54, 1.807) is 0 Å². The first-order chi connectivity index (χ1) is 8.84. The Kier molecular flexibility index (Phi) is 6.82. The molecular weight excluding hydrogens is 232 g/mol. The van der Waals surface area contributed by atoms with Crippen LogP contribution in [0.3, 0.4) is 0 Å². The summed E-state index contributed by atoms with van der Waals surface area (Å²) in [6.07, 6.45) is 4.03. The van der Waals surface area contributed by atoms with Crippen LogP contribution in [0.5, 0.6) is 0 Å². The first-order valence-electron chi connectivity index (χ1n) is 8.29. The first-order valence-corrected chi connectivity index (χ1v) is 8.29. The number of likely N-dealkylation sites (tertiary alicyclic amines) is 1. The van der Waals surface area contributed by atoms with Crippen molar-refractivity contribution in [3.8, 4) is 0 Å². The van der Waals surface area contributed by atoms with E-state index in [1.165, 1.54) is 32.4 Å². The van der Waals surface area contributed by atoms with Crippen molar-refractivity contribution in [1.82, 2.24) is 10.2 Å². The van der Waals surface area contributed by atoms with E-state index in [-0.39, 0.29) is 0 Å². The zero-order valence-corrected chi connectivity index (χ0v) is 14.1. The van der Waals surface area contributed by atoms with Crippen LogP contribution in [0.15, 0.2) is 0 Å². The van der Waals surface area contributed by atoms with Gasteiger partial charge in [0.2, 0.25) is 0 Å². The molecule has 0 aliphatic carbocycles. The third-order valence-electron chi connectivity index (χ3n) is 4.67. The van der Waals surface area contributed by atoms with Crippen LogP contribution in [-0.4, -0.2) is 37.1 Å². The number of hydrogen-bond acceptors (Lipinski definition) is 2. The molecule has 0 aromatic heterocycles. The summed E-state index contributed by atoms with van der Waals surface area (Å²) in [5.74, 6) is 1.66. The van der Waals surface area contributed by atoms with Gasteiger partial charge in [0, 0.05) is 12.6 Å². The predicted molar refractivity (Wildman–Crippen MR) is 85.5 cm³/mol. The van der Waals surface area contributed by atoms with Gasteiger partial charge < -0.3 is 5.32 Å². The molecule has 2 nitrogen and oxygen atoms in total. The Morgan fingerprint density at radius 3 is 2.11 bits per heavy atom. The van der Waals surface area contributed by atoms with E-state index in [0.717, 1.165) is 31.0 Å². The topological polar surface area (TPSA) is 15.3 Å². The molecule has 1 atom stereocenters. The number of piperidine rings is 1. The van der Waals surface area contributed by atoms with Crippen molar-refractivity contribution in [2.75, 3.05) is 26.2 Å². The molecule has 1 saturated heterocycles. The smallest absolute Gasteiger partial charge is 0.0218 e. The number of nitrogens with one attached hydrogen (secondary N) is 1. The van der Waals surface area contributed by atoms with Gasteiger partial charge in [0.25, 0.3) is 0 Å². The van der Waals surface area contributed by atoms with Crippen LogP contribution in [0.1, 0.15) is 60.8 Å². The maximum atomic E-state index is 3.63. The fraction of sp³-hybridized carbons (Fsp3) is 1.00. The highest BCUT2D eigenvalue weighted by molar-refractivity contribution is 4.84. The van der Waals surface area contributed by atoms with Crippen molar-refractivity contribution >= 4 is 0 Å². The van der Waals surface area contributed by atoms with Gasteiger partial charge in [0.05, 0.1) is 0 Å². The first kappa shape index (κ1) is 17.0. The zero-order valence-electron chi connectivity index (χ0n) is 14.1. The van der Waals surface area contributed by atoms with Crippen LogP contribution in [0.2, 0.25) is 0 Å². The minimum atomic E-state index is 0.490. The molecule has 1 unspecified atom stereocenters. The van der Waals surface area contributed by atoms with E-state index in [9.17, 15) is 0 Å². The van der Waals surface area contributed by atoms with Gasteiger partial charge in [-0.25, -0.2) is 0 Å². The average molecular weight is 268 g/mol. The summed E-state index contributed by atoms with van der Waals surface area (Å²) in [6, 6.07) is 0.736. The van der Waals surface area contributed by atoms with Crippen molar-refractivity contribution in [1.29, 1.82) is 0 Å². The van der Waals surface area contributed by atoms with E-state index in [2.05, 4.69) is 51.8 Å². The van der Waals surface area contributed by atoms with Crippen molar-refractivity contribution in [2.24, 2.45) is 17.3 Å². The molecule has 0 spiro atoms. The standard InChI is InChI=1S/C17H36N2/c1-7-16(13-18-12-14(2)3)19-10-8-15(9-11-19)17(4,5)6/h14-16,18H,7-13H2,1-6H3. The Bertz CT molecular complexity index is 234. The van der Waals surface area contributed by atoms with Crippen molar-refractivity contribution in [3.05, 3.63) is 0 Å². The van der Waals surface area contributed by atoms with Gasteiger partial charge >= 0.3 is 0 Å². The molecule has 19 heavy (non-hydrogen) atoms. The maximum absolute atomic E-state index is 3.63. The second-order valence-electron chi connectivity index (χ2n) is 7.79. The molecular formula is C17H36N2. The van der Waals surface area contributed by atoms with Crippen molar-refractivity contribution in [3.63, 3.8) is 0 Å². The lowest BCUT2D eigenvalue weighted by Crippen LogP contribution is -2.47. The van der Waals surface area contributed by atoms with Crippen LogP contribution in [0.4, 0.5) is 0 Å². The molecule has 0 saturated carbocycles. The van der Waals surface area contributed by atoms with Gasteiger partial charge in [0.15, 0.2) is 0 Å². The lowest BCUT2D eigenvalue weighted by Gasteiger charge is -2.42. The third-order valence-corrected chi connectivity index (χ3v) is 4.67. The van der Waals surface area contributed by atoms with Gasteiger partial charge in [-0.3, -0.25) is 4.90 Å². The zero-order chi connectivity index (χ0) is 14.5. The predicted octanol–water partition coefficient (Wildman–Crippen LogP) is 3.77. The van der Waals surface area contributed by atoms with E-state index in [0.29, 0.717) is 5.41 Å². The molecule has 1 heterocycles. The van der Waals surface area contributed by atoms with Crippen LogP contribution in [-0.2, 0) is 0 Å². The molecule has 0 bridgehead atoms. The second-order valence-corrected chi connectivity index (χ2v) is 7.79. The largest absolute Gasteiger partial charge is 0.315 e. The molecule has 0 radical (unpaired) electrons. The lowest BCUT2D eigenvalue weighted by atomic mass is 9.75. The highest BCUT2D eigenvalue weighted by Crippen LogP contribution is 2.34. The number of rotatable bonds is 6. The van der Waals surface area contributed by atoms with Crippen LogP contribution < -0.4 is 5.32 Å². The minimum absolute atomic E-state index is 0.490. The van der Waals surface area contributed by atoms with Crippen LogP contribution >= 0.6 is 0 Å². The molecule has 0 amide bonds. The maximum Gasteiger partial charge on any atom is 0.0218 e. The van der Waals surface area contributed by atoms with Crippen LogP contribution in [0, 0.1) is 17.3 Å². The normalized spacial score (nSPS) is 21.0. The summed E-state index contributed by atoms with van der Waals surface area (Å²) in [6.45, 7) is 19.0. The Hall–Kier alpha value is -0.0800. The summed E-state index contributed by atoms with van der Waals surface area (Å²) < 4.78 is 0. The van der Waals surface area contributed by atoms with E-state index in [1.807, 2.05) is 0 Å². The Morgan fingerprint density at radius 1 is 1.11 bits per heavy atom. The van der Waals surface area contributed by atoms with E-state index in [4.69, 9.17) is 0 Å². The van der Waals surface area contributed by atoms with Crippen LogP contribution in [0.25, 0.3) is 0 Å². The van der Waals surface area contributed by atoms with Gasteiger partial charge in [0.1, 0.15) is 0 Å². The molecule has 0 aromatic carbocycles. The lowest BCUT2D eigenvalue weighted by molar-refractivity contribution is 0.0803.